The van der Waals surface area contributed by atoms with E-state index in [1.165, 1.54) is 28.6 Å². The van der Waals surface area contributed by atoms with Crippen LogP contribution in [-0.2, 0) is 24.8 Å². The Bertz CT molecular complexity index is 1250. The molecular formula is C25H35N3O5S2. The van der Waals surface area contributed by atoms with Crippen molar-refractivity contribution in [2.45, 2.75) is 63.8 Å². The fourth-order valence-corrected chi connectivity index (χ4v) is 7.01. The van der Waals surface area contributed by atoms with Crippen LogP contribution < -0.4 is 9.62 Å². The molecule has 1 heterocycles. The zero-order valence-corrected chi connectivity index (χ0v) is 22.5. The number of carbonyl (C=O) groups is 1. The number of sulfonamides is 2. The second kappa shape index (κ2) is 11.1. The summed E-state index contributed by atoms with van der Waals surface area (Å²) in [6.07, 6.45) is 5.10. The highest BCUT2D eigenvalue weighted by atomic mass is 32.2. The second-order valence-electron chi connectivity index (χ2n) is 9.08. The van der Waals surface area contributed by atoms with Crippen LogP contribution in [0.5, 0.6) is 0 Å². The lowest BCUT2D eigenvalue weighted by atomic mass is 10.1. The first-order valence-corrected chi connectivity index (χ1v) is 15.2. The van der Waals surface area contributed by atoms with Crippen LogP contribution in [0.3, 0.4) is 0 Å². The van der Waals surface area contributed by atoms with Crippen LogP contribution in [0, 0.1) is 13.8 Å². The summed E-state index contributed by atoms with van der Waals surface area (Å²) < 4.78 is 54.0. The molecule has 0 unspecified atom stereocenters. The lowest BCUT2D eigenvalue weighted by Gasteiger charge is -2.30. The number of nitrogens with one attached hydrogen (secondary N) is 1. The summed E-state index contributed by atoms with van der Waals surface area (Å²) in [6.45, 7) is 6.60. The van der Waals surface area contributed by atoms with Crippen molar-refractivity contribution in [1.82, 2.24) is 4.31 Å². The lowest BCUT2D eigenvalue weighted by Crippen LogP contribution is -2.47. The van der Waals surface area contributed by atoms with E-state index in [9.17, 15) is 21.6 Å². The Morgan fingerprint density at radius 3 is 2.06 bits per heavy atom. The first-order valence-electron chi connectivity index (χ1n) is 11.9. The maximum atomic E-state index is 13.2. The third-order valence-electron chi connectivity index (χ3n) is 6.40. The Labute approximate surface area is 209 Å². The van der Waals surface area contributed by atoms with Crippen LogP contribution in [0.15, 0.2) is 47.4 Å². The van der Waals surface area contributed by atoms with Gasteiger partial charge < -0.3 is 5.32 Å². The van der Waals surface area contributed by atoms with Gasteiger partial charge in [0.25, 0.3) is 0 Å². The van der Waals surface area contributed by atoms with Crippen LogP contribution >= 0.6 is 0 Å². The molecule has 1 fully saturated rings. The van der Waals surface area contributed by atoms with Crippen molar-refractivity contribution in [1.29, 1.82) is 0 Å². The monoisotopic (exact) mass is 521 g/mol. The summed E-state index contributed by atoms with van der Waals surface area (Å²) in [4.78, 5) is 13.4. The zero-order chi connectivity index (χ0) is 25.8. The number of hydrogen-bond acceptors (Lipinski definition) is 5. The normalized spacial score (nSPS) is 16.3. The van der Waals surface area contributed by atoms with Crippen molar-refractivity contribution in [3.8, 4) is 0 Å². The highest BCUT2D eigenvalue weighted by molar-refractivity contribution is 7.92. The van der Waals surface area contributed by atoms with Crippen molar-refractivity contribution in [3.05, 3.63) is 53.6 Å². The summed E-state index contributed by atoms with van der Waals surface area (Å²) in [5, 5.41) is 2.76. The van der Waals surface area contributed by atoms with Gasteiger partial charge in [0.15, 0.2) is 0 Å². The number of amides is 1. The van der Waals surface area contributed by atoms with Gasteiger partial charge in [-0.05, 0) is 80.6 Å². The van der Waals surface area contributed by atoms with E-state index in [2.05, 4.69) is 5.32 Å². The number of nitrogens with zero attached hydrogens (tertiary/aromatic N) is 2. The predicted octanol–water partition coefficient (Wildman–Crippen LogP) is 4.05. The van der Waals surface area contributed by atoms with E-state index in [1.807, 2.05) is 19.9 Å². The maximum absolute atomic E-state index is 13.2. The molecule has 1 aliphatic heterocycles. The van der Waals surface area contributed by atoms with Crippen molar-refractivity contribution >= 4 is 37.3 Å². The molecule has 0 aromatic heterocycles. The van der Waals surface area contributed by atoms with Crippen LogP contribution in [0.4, 0.5) is 11.4 Å². The van der Waals surface area contributed by atoms with E-state index in [4.69, 9.17) is 0 Å². The van der Waals surface area contributed by atoms with Gasteiger partial charge in [-0.25, -0.2) is 16.8 Å². The topological polar surface area (TPSA) is 104 Å². The van der Waals surface area contributed by atoms with Crippen molar-refractivity contribution in [2.24, 2.45) is 0 Å². The standard InChI is InChI=1S/C25H35N3O5S2/c1-5-24(28(34(4,30)31)22-13-10-19(2)20(3)18-22)25(29)26-21-11-14-23(15-12-21)35(32,33)27-16-8-6-7-9-17-27/h10-15,18,24H,5-9,16-17H2,1-4H3,(H,26,29)/t24-/m1/s1. The minimum absolute atomic E-state index is 0.178. The largest absolute Gasteiger partial charge is 0.324 e. The molecule has 8 nitrogen and oxygen atoms in total. The highest BCUT2D eigenvalue weighted by Gasteiger charge is 2.32. The van der Waals surface area contributed by atoms with Gasteiger partial charge in [-0.2, -0.15) is 4.31 Å². The van der Waals surface area contributed by atoms with Crippen LogP contribution in [-0.4, -0.2) is 52.4 Å². The minimum atomic E-state index is -3.75. The number of anilines is 2. The van der Waals surface area contributed by atoms with Crippen molar-refractivity contribution < 1.29 is 21.6 Å². The first kappa shape index (κ1) is 27.2. The number of hydrogen-bond donors (Lipinski definition) is 1. The number of carbonyl (C=O) groups excluding carboxylic acids is 1. The summed E-state index contributed by atoms with van der Waals surface area (Å²) in [7, 11) is -7.35. The highest BCUT2D eigenvalue weighted by Crippen LogP contribution is 2.26. The third kappa shape index (κ3) is 6.42. The average Bonchev–Trinajstić information content (AvgIpc) is 3.09. The van der Waals surface area contributed by atoms with Gasteiger partial charge in [-0.15, -0.1) is 0 Å². The quantitative estimate of drug-likeness (QED) is 0.564. The molecule has 2 aromatic carbocycles. The van der Waals surface area contributed by atoms with Crippen molar-refractivity contribution in [2.75, 3.05) is 29.0 Å². The Kier molecular flexibility index (Phi) is 8.61. The maximum Gasteiger partial charge on any atom is 0.248 e. The van der Waals surface area contributed by atoms with Gasteiger partial charge in [0.2, 0.25) is 26.0 Å². The van der Waals surface area contributed by atoms with Gasteiger partial charge >= 0.3 is 0 Å². The van der Waals surface area contributed by atoms with Gasteiger partial charge in [0.1, 0.15) is 6.04 Å². The average molecular weight is 522 g/mol. The molecule has 1 atom stereocenters. The number of rotatable bonds is 8. The fourth-order valence-electron chi connectivity index (χ4n) is 4.29. The molecule has 0 aliphatic carbocycles. The van der Waals surface area contributed by atoms with E-state index in [0.717, 1.165) is 47.4 Å². The smallest absolute Gasteiger partial charge is 0.248 e. The molecule has 1 aliphatic rings. The van der Waals surface area contributed by atoms with E-state index in [0.29, 0.717) is 24.5 Å². The molecule has 1 saturated heterocycles. The lowest BCUT2D eigenvalue weighted by molar-refractivity contribution is -0.117. The van der Waals surface area contributed by atoms with E-state index >= 15 is 0 Å². The summed E-state index contributed by atoms with van der Waals surface area (Å²) in [5.74, 6) is -0.487. The number of aryl methyl sites for hydroxylation is 2. The van der Waals surface area contributed by atoms with E-state index in [1.54, 1.807) is 19.1 Å². The molecular weight excluding hydrogens is 486 g/mol. The predicted molar refractivity (Wildman–Crippen MR) is 140 cm³/mol. The summed E-state index contributed by atoms with van der Waals surface area (Å²) in [5.41, 5.74) is 2.77. The molecule has 1 amide bonds. The van der Waals surface area contributed by atoms with Gasteiger partial charge in [0.05, 0.1) is 16.8 Å². The SMILES string of the molecule is CC[C@H](C(=O)Nc1ccc(S(=O)(=O)N2CCCCCC2)cc1)N(c1ccc(C)c(C)c1)S(C)(=O)=O. The van der Waals surface area contributed by atoms with Gasteiger partial charge in [-0.3, -0.25) is 9.10 Å². The first-order chi connectivity index (χ1) is 16.4. The van der Waals surface area contributed by atoms with Crippen LogP contribution in [0.2, 0.25) is 0 Å². The Hall–Kier alpha value is -2.43. The van der Waals surface area contributed by atoms with Crippen LogP contribution in [0.1, 0.15) is 50.2 Å². The van der Waals surface area contributed by atoms with E-state index < -0.39 is 32.0 Å². The third-order valence-corrected chi connectivity index (χ3v) is 9.49. The zero-order valence-electron chi connectivity index (χ0n) is 20.8. The number of benzene rings is 2. The van der Waals surface area contributed by atoms with Crippen molar-refractivity contribution in [3.63, 3.8) is 0 Å². The molecule has 0 spiro atoms. The van der Waals surface area contributed by atoms with E-state index in [-0.39, 0.29) is 11.3 Å². The molecule has 192 valence electrons. The Morgan fingerprint density at radius 2 is 1.54 bits per heavy atom. The molecule has 0 saturated carbocycles. The molecule has 10 heteroatoms. The molecule has 2 aromatic rings. The molecule has 35 heavy (non-hydrogen) atoms. The summed E-state index contributed by atoms with van der Waals surface area (Å²) in [6, 6.07) is 10.4. The molecule has 3 rings (SSSR count). The summed E-state index contributed by atoms with van der Waals surface area (Å²) >= 11 is 0. The minimum Gasteiger partial charge on any atom is -0.324 e. The second-order valence-corrected chi connectivity index (χ2v) is 12.9. The van der Waals surface area contributed by atoms with Gasteiger partial charge in [-0.1, -0.05) is 25.8 Å². The van der Waals surface area contributed by atoms with Crippen LogP contribution in [0.25, 0.3) is 0 Å². The Balaban J connectivity index is 1.82. The molecule has 1 N–H and O–H groups in total. The fraction of sp³-hybridized carbons (Fsp3) is 0.480. The Morgan fingerprint density at radius 1 is 0.943 bits per heavy atom. The molecule has 0 bridgehead atoms. The van der Waals surface area contributed by atoms with Gasteiger partial charge in [0, 0.05) is 18.8 Å². The molecule has 0 radical (unpaired) electrons.